The van der Waals surface area contributed by atoms with Gasteiger partial charge in [0.15, 0.2) is 17.3 Å². The summed E-state index contributed by atoms with van der Waals surface area (Å²) in [7, 11) is 0. The average Bonchev–Trinajstić information content (AvgIpc) is 2.70. The van der Waals surface area contributed by atoms with Gasteiger partial charge in [0, 0.05) is 5.56 Å². The molecule has 0 bridgehead atoms. The fourth-order valence-corrected chi connectivity index (χ4v) is 1.78. The first kappa shape index (κ1) is 7.62. The Morgan fingerprint density at radius 1 is 1.21 bits per heavy atom. The molecule has 0 N–H and O–H groups in total. The summed E-state index contributed by atoms with van der Waals surface area (Å²) in [6, 6.07) is 3.61. The summed E-state index contributed by atoms with van der Waals surface area (Å²) >= 11 is 0. The minimum Gasteiger partial charge on any atom is -0.454 e. The molecule has 1 aliphatic heterocycles. The zero-order valence-corrected chi connectivity index (χ0v) is 7.66. The Morgan fingerprint density at radius 2 is 1.93 bits per heavy atom. The van der Waals surface area contributed by atoms with Crippen LogP contribution in [-0.2, 0) is 0 Å². The number of hydrogen-bond donors (Lipinski definition) is 0. The number of allylic oxidation sites excluding steroid dienone is 1. The topological polar surface area (TPSA) is 35.5 Å². The molecule has 1 aliphatic carbocycles. The van der Waals surface area contributed by atoms with Crippen molar-refractivity contribution in [3.05, 3.63) is 28.8 Å². The molecule has 0 fully saturated rings. The molecule has 0 spiro atoms. The second kappa shape index (κ2) is 2.38. The fraction of sp³-hybridized carbons (Fsp3) is 0.182. The van der Waals surface area contributed by atoms with E-state index in [-0.39, 0.29) is 12.6 Å². The van der Waals surface area contributed by atoms with Gasteiger partial charge in [-0.1, -0.05) is 0 Å². The Kier molecular flexibility index (Phi) is 1.29. The summed E-state index contributed by atoms with van der Waals surface area (Å²) in [6.07, 6.45) is 1.87. The average molecular weight is 188 g/mol. The van der Waals surface area contributed by atoms with Crippen molar-refractivity contribution in [3.63, 3.8) is 0 Å². The Balaban J connectivity index is 2.23. The number of benzene rings is 1. The molecule has 14 heavy (non-hydrogen) atoms. The maximum Gasteiger partial charge on any atom is 0.231 e. The van der Waals surface area contributed by atoms with Crippen molar-refractivity contribution in [1.82, 2.24) is 0 Å². The molecule has 0 saturated heterocycles. The van der Waals surface area contributed by atoms with Gasteiger partial charge in [-0.15, -0.1) is 0 Å². The van der Waals surface area contributed by atoms with Gasteiger partial charge in [0.25, 0.3) is 0 Å². The molecule has 0 saturated carbocycles. The van der Waals surface area contributed by atoms with Crippen LogP contribution in [0.2, 0.25) is 0 Å². The van der Waals surface area contributed by atoms with E-state index in [1.54, 1.807) is 6.07 Å². The van der Waals surface area contributed by atoms with Crippen LogP contribution in [0.3, 0.4) is 0 Å². The van der Waals surface area contributed by atoms with Crippen LogP contribution >= 0.6 is 0 Å². The van der Waals surface area contributed by atoms with Gasteiger partial charge in [-0.05, 0) is 36.3 Å². The highest BCUT2D eigenvalue weighted by Crippen LogP contribution is 2.38. The van der Waals surface area contributed by atoms with E-state index in [1.807, 2.05) is 19.1 Å². The van der Waals surface area contributed by atoms with Crippen LogP contribution in [0.25, 0.3) is 6.08 Å². The van der Waals surface area contributed by atoms with Gasteiger partial charge in [0.1, 0.15) is 0 Å². The van der Waals surface area contributed by atoms with Crippen molar-refractivity contribution in [2.75, 3.05) is 6.79 Å². The van der Waals surface area contributed by atoms with Crippen LogP contribution < -0.4 is 9.47 Å². The van der Waals surface area contributed by atoms with E-state index in [0.717, 1.165) is 16.9 Å². The quantitative estimate of drug-likeness (QED) is 0.624. The lowest BCUT2D eigenvalue weighted by molar-refractivity contribution is 0.103. The third kappa shape index (κ3) is 0.839. The van der Waals surface area contributed by atoms with Gasteiger partial charge >= 0.3 is 0 Å². The molecule has 0 radical (unpaired) electrons. The van der Waals surface area contributed by atoms with E-state index in [9.17, 15) is 4.79 Å². The molecule has 3 rings (SSSR count). The van der Waals surface area contributed by atoms with E-state index in [2.05, 4.69) is 0 Å². The fourth-order valence-electron chi connectivity index (χ4n) is 1.78. The molecule has 1 aromatic carbocycles. The molecular formula is C11H8O3. The van der Waals surface area contributed by atoms with E-state index < -0.39 is 0 Å². The maximum atomic E-state index is 11.6. The second-order valence-corrected chi connectivity index (χ2v) is 3.45. The summed E-state index contributed by atoms with van der Waals surface area (Å²) < 4.78 is 10.4. The molecule has 1 aromatic rings. The van der Waals surface area contributed by atoms with Crippen LogP contribution in [0.4, 0.5) is 0 Å². The van der Waals surface area contributed by atoms with Crippen LogP contribution in [0.5, 0.6) is 11.5 Å². The Labute approximate surface area is 80.9 Å². The largest absolute Gasteiger partial charge is 0.454 e. The first-order chi connectivity index (χ1) is 6.75. The number of carbonyl (C=O) groups excluding carboxylic acids is 1. The van der Waals surface area contributed by atoms with Crippen LogP contribution in [0.15, 0.2) is 17.7 Å². The molecule has 0 amide bonds. The van der Waals surface area contributed by atoms with Gasteiger partial charge in [0.2, 0.25) is 6.79 Å². The zero-order chi connectivity index (χ0) is 9.71. The van der Waals surface area contributed by atoms with Crippen molar-refractivity contribution in [2.45, 2.75) is 6.92 Å². The van der Waals surface area contributed by atoms with Crippen molar-refractivity contribution in [2.24, 2.45) is 0 Å². The molecule has 0 unspecified atom stereocenters. The molecule has 70 valence electrons. The SMILES string of the molecule is CC1=Cc2cc3c(cc2C1=O)OCO3. The number of ketones is 1. The third-order valence-electron chi connectivity index (χ3n) is 2.52. The lowest BCUT2D eigenvalue weighted by Gasteiger charge is -1.99. The number of rotatable bonds is 0. The second-order valence-electron chi connectivity index (χ2n) is 3.45. The molecular weight excluding hydrogens is 180 g/mol. The van der Waals surface area contributed by atoms with Crippen molar-refractivity contribution < 1.29 is 14.3 Å². The van der Waals surface area contributed by atoms with Gasteiger partial charge in [-0.3, -0.25) is 4.79 Å². The predicted octanol–water partition coefficient (Wildman–Crippen LogP) is 2.01. The van der Waals surface area contributed by atoms with Crippen molar-refractivity contribution in [3.8, 4) is 11.5 Å². The highest BCUT2D eigenvalue weighted by atomic mass is 16.7. The minimum atomic E-state index is 0.0818. The number of Topliss-reactive ketones (excluding diaryl/α,β-unsaturated/α-hetero) is 1. The monoisotopic (exact) mass is 188 g/mol. The van der Waals surface area contributed by atoms with Crippen LogP contribution in [-0.4, -0.2) is 12.6 Å². The van der Waals surface area contributed by atoms with E-state index >= 15 is 0 Å². The van der Waals surface area contributed by atoms with E-state index in [1.165, 1.54) is 0 Å². The Hall–Kier alpha value is -1.77. The highest BCUT2D eigenvalue weighted by molar-refractivity contribution is 6.17. The Bertz CT molecular complexity index is 472. The van der Waals surface area contributed by atoms with Gasteiger partial charge < -0.3 is 9.47 Å². The molecule has 0 aromatic heterocycles. The number of carbonyl (C=O) groups is 1. The first-order valence-corrected chi connectivity index (χ1v) is 4.42. The summed E-state index contributed by atoms with van der Waals surface area (Å²) in [5, 5.41) is 0. The predicted molar refractivity (Wildman–Crippen MR) is 50.5 cm³/mol. The Morgan fingerprint density at radius 3 is 2.71 bits per heavy atom. The van der Waals surface area contributed by atoms with Gasteiger partial charge in [-0.2, -0.15) is 0 Å². The zero-order valence-electron chi connectivity index (χ0n) is 7.66. The maximum absolute atomic E-state index is 11.6. The summed E-state index contributed by atoms with van der Waals surface area (Å²) in [4.78, 5) is 11.6. The summed E-state index contributed by atoms with van der Waals surface area (Å²) in [5.41, 5.74) is 2.41. The molecule has 0 atom stereocenters. The highest BCUT2D eigenvalue weighted by Gasteiger charge is 2.24. The molecule has 3 nitrogen and oxygen atoms in total. The van der Waals surface area contributed by atoms with E-state index in [4.69, 9.17) is 9.47 Å². The van der Waals surface area contributed by atoms with E-state index in [0.29, 0.717) is 11.3 Å². The molecule has 2 aliphatic rings. The van der Waals surface area contributed by atoms with Crippen LogP contribution in [0.1, 0.15) is 22.8 Å². The molecule has 1 heterocycles. The lowest BCUT2D eigenvalue weighted by atomic mass is 10.1. The smallest absolute Gasteiger partial charge is 0.231 e. The number of fused-ring (bicyclic) bond motifs is 2. The van der Waals surface area contributed by atoms with Gasteiger partial charge in [0.05, 0.1) is 0 Å². The summed E-state index contributed by atoms with van der Waals surface area (Å²) in [5.74, 6) is 1.47. The van der Waals surface area contributed by atoms with Crippen LogP contribution in [0, 0.1) is 0 Å². The molecule has 3 heteroatoms. The first-order valence-electron chi connectivity index (χ1n) is 4.42. The number of hydrogen-bond acceptors (Lipinski definition) is 3. The third-order valence-corrected chi connectivity index (χ3v) is 2.52. The minimum absolute atomic E-state index is 0.0818. The van der Waals surface area contributed by atoms with Gasteiger partial charge in [-0.25, -0.2) is 0 Å². The number of ether oxygens (including phenoxy) is 2. The normalized spacial score (nSPS) is 16.9. The summed E-state index contributed by atoms with van der Waals surface area (Å²) in [6.45, 7) is 2.06. The lowest BCUT2D eigenvalue weighted by Crippen LogP contribution is -1.95. The van der Waals surface area contributed by atoms with Crippen molar-refractivity contribution >= 4 is 11.9 Å². The standard InChI is InChI=1S/C11H8O3/c1-6-2-7-3-9-10(14-5-13-9)4-8(7)11(6)12/h2-4H,5H2,1H3. The van der Waals surface area contributed by atoms with Crippen molar-refractivity contribution in [1.29, 1.82) is 0 Å².